The SMILES string of the molecule is [2H]C([2H])([2H])C([2H])(n1cc(O)c2cc(O)c(O)cc21)C([2H])([2H])[2H]. The maximum atomic E-state index is 9.84. The van der Waals surface area contributed by atoms with Gasteiger partial charge < -0.3 is 19.9 Å². The smallest absolute Gasteiger partial charge is 0.159 e. The zero-order valence-electron chi connectivity index (χ0n) is 14.5. The lowest BCUT2D eigenvalue weighted by atomic mass is 10.2. The van der Waals surface area contributed by atoms with Gasteiger partial charge in [-0.25, -0.2) is 0 Å². The molecule has 0 radical (unpaired) electrons. The zero-order valence-corrected chi connectivity index (χ0v) is 7.52. The topological polar surface area (TPSA) is 65.6 Å². The van der Waals surface area contributed by atoms with Gasteiger partial charge in [-0.3, -0.25) is 0 Å². The molecule has 4 heteroatoms. The lowest BCUT2D eigenvalue weighted by molar-refractivity contribution is 0.404. The molecule has 15 heavy (non-hydrogen) atoms. The molecule has 0 fully saturated rings. The van der Waals surface area contributed by atoms with Gasteiger partial charge in [0.2, 0.25) is 0 Å². The molecule has 0 amide bonds. The summed E-state index contributed by atoms with van der Waals surface area (Å²) >= 11 is 0. The largest absolute Gasteiger partial charge is 0.506 e. The Morgan fingerprint density at radius 1 is 1.20 bits per heavy atom. The highest BCUT2D eigenvalue weighted by atomic mass is 16.3. The van der Waals surface area contributed by atoms with E-state index in [-0.39, 0.29) is 10.9 Å². The van der Waals surface area contributed by atoms with Crippen molar-refractivity contribution in [2.24, 2.45) is 0 Å². The lowest BCUT2D eigenvalue weighted by Gasteiger charge is -2.08. The molecule has 0 aliphatic heterocycles. The van der Waals surface area contributed by atoms with Crippen LogP contribution in [0.15, 0.2) is 18.3 Å². The van der Waals surface area contributed by atoms with E-state index in [1.165, 1.54) is 0 Å². The summed E-state index contributed by atoms with van der Waals surface area (Å²) in [5.74, 6) is -1.72. The van der Waals surface area contributed by atoms with Gasteiger partial charge in [-0.15, -0.1) is 0 Å². The van der Waals surface area contributed by atoms with Gasteiger partial charge in [0.05, 0.1) is 6.89 Å². The standard InChI is InChI=1S/C11H13NO3/c1-6(2)12-5-11(15)7-3-9(13)10(14)4-8(7)12/h3-6,13-15H,1-2H3/i1D3,2D3,6D. The van der Waals surface area contributed by atoms with Gasteiger partial charge in [0.1, 0.15) is 5.75 Å². The minimum Gasteiger partial charge on any atom is -0.506 e. The summed E-state index contributed by atoms with van der Waals surface area (Å²) in [7, 11) is 0. The van der Waals surface area contributed by atoms with E-state index >= 15 is 0 Å². The minimum absolute atomic E-state index is 0.0829. The van der Waals surface area contributed by atoms with E-state index in [2.05, 4.69) is 0 Å². The van der Waals surface area contributed by atoms with E-state index < -0.39 is 37.0 Å². The fourth-order valence-corrected chi connectivity index (χ4v) is 1.42. The van der Waals surface area contributed by atoms with Crippen LogP contribution >= 0.6 is 0 Å². The normalized spacial score (nSPS) is 20.7. The van der Waals surface area contributed by atoms with Crippen molar-refractivity contribution in [3.8, 4) is 17.2 Å². The first-order chi connectivity index (χ1) is 9.80. The molecule has 2 aromatic rings. The van der Waals surface area contributed by atoms with Crippen LogP contribution in [0.25, 0.3) is 10.9 Å². The molecule has 0 bridgehead atoms. The number of phenols is 2. The summed E-state index contributed by atoms with van der Waals surface area (Å²) in [4.78, 5) is 0. The zero-order chi connectivity index (χ0) is 17.1. The number of aromatic hydroxyl groups is 3. The molecule has 1 aromatic heterocycles. The van der Waals surface area contributed by atoms with Crippen LogP contribution in [-0.4, -0.2) is 19.9 Å². The number of rotatable bonds is 1. The second kappa shape index (κ2) is 3.08. The third kappa shape index (κ3) is 1.38. The molecule has 80 valence electrons. The van der Waals surface area contributed by atoms with Crippen LogP contribution in [0.2, 0.25) is 0 Å². The summed E-state index contributed by atoms with van der Waals surface area (Å²) in [6, 6.07) is -1.23. The Morgan fingerprint density at radius 2 is 1.87 bits per heavy atom. The molecule has 2 rings (SSSR count). The molecule has 0 spiro atoms. The number of fused-ring (bicyclic) bond motifs is 1. The van der Waals surface area contributed by atoms with Crippen molar-refractivity contribution < 1.29 is 24.9 Å². The van der Waals surface area contributed by atoms with Crippen molar-refractivity contribution in [1.82, 2.24) is 4.57 Å². The van der Waals surface area contributed by atoms with E-state index in [4.69, 9.17) is 9.60 Å². The molecule has 0 aliphatic rings. The summed E-state index contributed by atoms with van der Waals surface area (Å²) in [6.07, 6.45) is 0.787. The average Bonchev–Trinajstić information content (AvgIpc) is 2.64. The first kappa shape index (κ1) is 4.35. The van der Waals surface area contributed by atoms with Crippen molar-refractivity contribution in [2.75, 3.05) is 0 Å². The first-order valence-corrected chi connectivity index (χ1v) is 4.07. The van der Waals surface area contributed by atoms with Crippen molar-refractivity contribution in [3.05, 3.63) is 18.3 Å². The Balaban J connectivity index is 2.91. The highest BCUT2D eigenvalue weighted by molar-refractivity contribution is 5.89. The number of hydrogen-bond acceptors (Lipinski definition) is 3. The maximum absolute atomic E-state index is 9.84. The maximum Gasteiger partial charge on any atom is 0.159 e. The highest BCUT2D eigenvalue weighted by Crippen LogP contribution is 2.36. The van der Waals surface area contributed by atoms with Crippen LogP contribution < -0.4 is 0 Å². The Hall–Kier alpha value is -1.84. The molecule has 3 N–H and O–H groups in total. The van der Waals surface area contributed by atoms with Gasteiger partial charge in [0.15, 0.2) is 11.5 Å². The second-order valence-electron chi connectivity index (χ2n) is 3.09. The molecule has 0 unspecified atom stereocenters. The van der Waals surface area contributed by atoms with Crippen LogP contribution in [0.3, 0.4) is 0 Å². The van der Waals surface area contributed by atoms with E-state index in [1.807, 2.05) is 0 Å². The highest BCUT2D eigenvalue weighted by Gasteiger charge is 2.12. The van der Waals surface area contributed by atoms with Gasteiger partial charge in [0.25, 0.3) is 0 Å². The molecule has 0 saturated heterocycles. The number of phenolic OH excluding ortho intramolecular Hbond substituents is 2. The van der Waals surface area contributed by atoms with Gasteiger partial charge in [-0.05, 0) is 19.8 Å². The van der Waals surface area contributed by atoms with Crippen LogP contribution in [0.4, 0.5) is 0 Å². The van der Waals surface area contributed by atoms with Crippen LogP contribution in [-0.2, 0) is 0 Å². The van der Waals surface area contributed by atoms with Crippen LogP contribution in [0.5, 0.6) is 17.2 Å². The van der Waals surface area contributed by atoms with E-state index in [0.29, 0.717) is 4.57 Å². The van der Waals surface area contributed by atoms with Crippen molar-refractivity contribution in [2.45, 2.75) is 19.7 Å². The van der Waals surface area contributed by atoms with Gasteiger partial charge in [-0.1, -0.05) is 0 Å². The third-order valence-corrected chi connectivity index (χ3v) is 2.12. The molecular formula is C11H13NO3. The summed E-state index contributed by atoms with van der Waals surface area (Å²) < 4.78 is 53.2. The Morgan fingerprint density at radius 3 is 2.53 bits per heavy atom. The Labute approximate surface area is 96.8 Å². The monoisotopic (exact) mass is 214 g/mol. The van der Waals surface area contributed by atoms with Crippen molar-refractivity contribution >= 4 is 10.9 Å². The average molecular weight is 214 g/mol. The van der Waals surface area contributed by atoms with E-state index in [1.54, 1.807) is 0 Å². The summed E-state index contributed by atoms with van der Waals surface area (Å²) in [5.41, 5.74) is -0.199. The fraction of sp³-hybridized carbons (Fsp3) is 0.273. The van der Waals surface area contributed by atoms with E-state index in [0.717, 1.165) is 18.3 Å². The van der Waals surface area contributed by atoms with Crippen molar-refractivity contribution in [1.29, 1.82) is 0 Å². The summed E-state index contributed by atoms with van der Waals surface area (Å²) in [5, 5.41) is 28.7. The Bertz CT molecular complexity index is 718. The molecule has 0 saturated carbocycles. The Kier molecular flexibility index (Phi) is 0.894. The van der Waals surface area contributed by atoms with Crippen LogP contribution in [0, 0.1) is 0 Å². The number of benzene rings is 1. The molecule has 1 heterocycles. The minimum atomic E-state index is -3.25. The fourth-order valence-electron chi connectivity index (χ4n) is 1.42. The lowest BCUT2D eigenvalue weighted by Crippen LogP contribution is -1.97. The molecule has 0 atom stereocenters. The van der Waals surface area contributed by atoms with Gasteiger partial charge in [0, 0.05) is 31.9 Å². The third-order valence-electron chi connectivity index (χ3n) is 2.12. The van der Waals surface area contributed by atoms with Gasteiger partial charge in [-0.2, -0.15) is 0 Å². The van der Waals surface area contributed by atoms with Crippen molar-refractivity contribution in [3.63, 3.8) is 0 Å². The number of hydrogen-bond donors (Lipinski definition) is 3. The molecule has 1 aromatic carbocycles. The molecular weight excluding hydrogens is 194 g/mol. The summed E-state index contributed by atoms with van der Waals surface area (Å²) in [6.45, 7) is -6.49. The quantitative estimate of drug-likeness (QED) is 0.638. The van der Waals surface area contributed by atoms with E-state index in [9.17, 15) is 15.3 Å². The van der Waals surface area contributed by atoms with Crippen LogP contribution in [0.1, 0.15) is 29.3 Å². The second-order valence-corrected chi connectivity index (χ2v) is 3.09. The predicted molar refractivity (Wildman–Crippen MR) is 57.3 cm³/mol. The van der Waals surface area contributed by atoms with Gasteiger partial charge >= 0.3 is 0 Å². The molecule has 4 nitrogen and oxygen atoms in total. The number of nitrogens with zero attached hydrogens (tertiary/aromatic N) is 1. The predicted octanol–water partition coefficient (Wildman–Crippen LogP) is 2.34. The first-order valence-electron chi connectivity index (χ1n) is 7.57. The number of aromatic nitrogens is 1. The molecule has 0 aliphatic carbocycles.